The van der Waals surface area contributed by atoms with Crippen LogP contribution in [0.2, 0.25) is 0 Å². The zero-order valence-corrected chi connectivity index (χ0v) is 14.4. The van der Waals surface area contributed by atoms with E-state index in [2.05, 4.69) is 23.1 Å². The minimum Gasteiger partial charge on any atom is -0.376 e. The smallest absolute Gasteiger partial charge is 0.159 e. The first-order valence-corrected chi connectivity index (χ1v) is 8.59. The molecule has 1 fully saturated rings. The summed E-state index contributed by atoms with van der Waals surface area (Å²) in [4.78, 5) is 13.8. The van der Waals surface area contributed by atoms with Gasteiger partial charge in [0.25, 0.3) is 0 Å². The minimum atomic E-state index is 0.0210. The molecule has 1 heterocycles. The minimum absolute atomic E-state index is 0.0210. The highest BCUT2D eigenvalue weighted by atomic mass is 16.5. The number of nitrogens with zero attached hydrogens (tertiary/aromatic N) is 2. The summed E-state index contributed by atoms with van der Waals surface area (Å²) in [5.41, 5.74) is 3.31. The van der Waals surface area contributed by atoms with E-state index in [0.717, 1.165) is 25.2 Å². The van der Waals surface area contributed by atoms with E-state index in [1.54, 1.807) is 19.1 Å². The van der Waals surface area contributed by atoms with Gasteiger partial charge in [-0.2, -0.15) is 5.26 Å². The van der Waals surface area contributed by atoms with Crippen molar-refractivity contribution in [1.82, 2.24) is 0 Å². The number of hydrogen-bond donors (Lipinski definition) is 0. The van der Waals surface area contributed by atoms with E-state index < -0.39 is 0 Å². The van der Waals surface area contributed by atoms with E-state index in [-0.39, 0.29) is 5.78 Å². The van der Waals surface area contributed by atoms with Crippen LogP contribution in [0, 0.1) is 17.2 Å². The highest BCUT2D eigenvalue weighted by Crippen LogP contribution is 2.28. The first-order chi connectivity index (χ1) is 12.2. The standard InChI is InChI=1S/C21H22N2O2/c1-16(24)19-7-8-20(12-22)21(11-19)23-10-9-18(13-23)15-25-14-17-5-3-2-4-6-17/h2-8,11,18H,9-10,13-15H2,1H3. The van der Waals surface area contributed by atoms with Crippen molar-refractivity contribution in [3.8, 4) is 6.07 Å². The van der Waals surface area contributed by atoms with Gasteiger partial charge in [-0.3, -0.25) is 4.79 Å². The Labute approximate surface area is 148 Å². The summed E-state index contributed by atoms with van der Waals surface area (Å²) in [7, 11) is 0. The van der Waals surface area contributed by atoms with Gasteiger partial charge in [-0.25, -0.2) is 0 Å². The number of anilines is 1. The van der Waals surface area contributed by atoms with Crippen LogP contribution in [-0.4, -0.2) is 25.5 Å². The second kappa shape index (κ2) is 7.96. The molecule has 0 radical (unpaired) electrons. The van der Waals surface area contributed by atoms with Crippen LogP contribution in [0.3, 0.4) is 0 Å². The molecule has 0 aromatic heterocycles. The highest BCUT2D eigenvalue weighted by Gasteiger charge is 2.25. The molecule has 1 unspecified atom stereocenters. The van der Waals surface area contributed by atoms with Gasteiger partial charge in [0.1, 0.15) is 6.07 Å². The number of Topliss-reactive ketones (excluding diaryl/α,β-unsaturated/α-hetero) is 1. The Morgan fingerprint density at radius 3 is 2.80 bits per heavy atom. The van der Waals surface area contributed by atoms with Crippen LogP contribution in [-0.2, 0) is 11.3 Å². The van der Waals surface area contributed by atoms with Gasteiger partial charge in [-0.05, 0) is 37.1 Å². The molecule has 128 valence electrons. The number of ketones is 1. The average Bonchev–Trinajstić information content (AvgIpc) is 3.10. The summed E-state index contributed by atoms with van der Waals surface area (Å²) in [6.45, 7) is 4.62. The summed E-state index contributed by atoms with van der Waals surface area (Å²) in [5, 5.41) is 9.36. The molecule has 0 N–H and O–H groups in total. The molecule has 1 saturated heterocycles. The van der Waals surface area contributed by atoms with Crippen LogP contribution in [0.4, 0.5) is 5.69 Å². The van der Waals surface area contributed by atoms with Crippen molar-refractivity contribution in [2.75, 3.05) is 24.6 Å². The first-order valence-electron chi connectivity index (χ1n) is 8.59. The molecule has 2 aromatic carbocycles. The van der Waals surface area contributed by atoms with Gasteiger partial charge in [0.15, 0.2) is 5.78 Å². The van der Waals surface area contributed by atoms with E-state index in [1.807, 2.05) is 24.3 Å². The molecule has 3 rings (SSSR count). The van der Waals surface area contributed by atoms with Crippen molar-refractivity contribution in [1.29, 1.82) is 5.26 Å². The second-order valence-electron chi connectivity index (χ2n) is 6.50. The van der Waals surface area contributed by atoms with E-state index >= 15 is 0 Å². The topological polar surface area (TPSA) is 53.3 Å². The van der Waals surface area contributed by atoms with Crippen molar-refractivity contribution < 1.29 is 9.53 Å². The molecule has 0 spiro atoms. The predicted molar refractivity (Wildman–Crippen MR) is 97.6 cm³/mol. The molecule has 4 heteroatoms. The Morgan fingerprint density at radius 2 is 2.08 bits per heavy atom. The lowest BCUT2D eigenvalue weighted by Gasteiger charge is -2.20. The fraction of sp³-hybridized carbons (Fsp3) is 0.333. The molecule has 0 bridgehead atoms. The summed E-state index contributed by atoms with van der Waals surface area (Å²) in [5.74, 6) is 0.462. The third-order valence-corrected chi connectivity index (χ3v) is 4.62. The van der Waals surface area contributed by atoms with Crippen molar-refractivity contribution in [2.24, 2.45) is 5.92 Å². The monoisotopic (exact) mass is 334 g/mol. The fourth-order valence-corrected chi connectivity index (χ4v) is 3.21. The molecule has 1 aliphatic heterocycles. The van der Waals surface area contributed by atoms with Crippen LogP contribution in [0.5, 0.6) is 0 Å². The molecule has 0 saturated carbocycles. The first kappa shape index (κ1) is 17.2. The normalized spacial score (nSPS) is 16.6. The van der Waals surface area contributed by atoms with Crippen molar-refractivity contribution in [2.45, 2.75) is 20.0 Å². The fourth-order valence-electron chi connectivity index (χ4n) is 3.21. The lowest BCUT2D eigenvalue weighted by molar-refractivity contribution is 0.0929. The Hall–Kier alpha value is -2.64. The summed E-state index contributed by atoms with van der Waals surface area (Å²) >= 11 is 0. The van der Waals surface area contributed by atoms with Crippen LogP contribution in [0.1, 0.15) is 34.8 Å². The predicted octanol–water partition coefficient (Wildman–Crippen LogP) is 3.80. The molecule has 25 heavy (non-hydrogen) atoms. The number of carbonyl (C=O) groups excluding carboxylic acids is 1. The number of rotatable bonds is 6. The number of carbonyl (C=O) groups is 1. The van der Waals surface area contributed by atoms with Crippen LogP contribution >= 0.6 is 0 Å². The van der Waals surface area contributed by atoms with E-state index in [4.69, 9.17) is 4.74 Å². The largest absolute Gasteiger partial charge is 0.376 e. The Morgan fingerprint density at radius 1 is 1.28 bits per heavy atom. The summed E-state index contributed by atoms with van der Waals surface area (Å²) in [6, 6.07) is 17.7. The lowest BCUT2D eigenvalue weighted by Crippen LogP contribution is -2.22. The highest BCUT2D eigenvalue weighted by molar-refractivity contribution is 5.95. The van der Waals surface area contributed by atoms with Gasteiger partial charge < -0.3 is 9.64 Å². The second-order valence-corrected chi connectivity index (χ2v) is 6.50. The van der Waals surface area contributed by atoms with Gasteiger partial charge in [0, 0.05) is 24.6 Å². The summed E-state index contributed by atoms with van der Waals surface area (Å²) < 4.78 is 5.86. The maximum absolute atomic E-state index is 11.6. The molecule has 2 aromatic rings. The number of ether oxygens (including phenoxy) is 1. The molecule has 4 nitrogen and oxygen atoms in total. The van der Waals surface area contributed by atoms with Crippen molar-refractivity contribution in [3.05, 3.63) is 65.2 Å². The van der Waals surface area contributed by atoms with Crippen molar-refractivity contribution in [3.63, 3.8) is 0 Å². The molecule has 1 aliphatic rings. The molecule has 0 amide bonds. The third kappa shape index (κ3) is 4.26. The lowest BCUT2D eigenvalue weighted by atomic mass is 10.1. The maximum Gasteiger partial charge on any atom is 0.159 e. The van der Waals surface area contributed by atoms with Crippen LogP contribution in [0.15, 0.2) is 48.5 Å². The Kier molecular flexibility index (Phi) is 5.47. The van der Waals surface area contributed by atoms with Crippen molar-refractivity contribution >= 4 is 11.5 Å². The third-order valence-electron chi connectivity index (χ3n) is 4.62. The molecular weight excluding hydrogens is 312 g/mol. The summed E-state index contributed by atoms with van der Waals surface area (Å²) in [6.07, 6.45) is 1.03. The van der Waals surface area contributed by atoms with E-state index in [0.29, 0.717) is 30.3 Å². The number of nitriles is 1. The SMILES string of the molecule is CC(=O)c1ccc(C#N)c(N2CCC(COCc3ccccc3)C2)c1. The average molecular weight is 334 g/mol. The van der Waals surface area contributed by atoms with Crippen LogP contribution < -0.4 is 4.90 Å². The van der Waals surface area contributed by atoms with Gasteiger partial charge in [0.2, 0.25) is 0 Å². The zero-order chi connectivity index (χ0) is 17.6. The molecule has 1 atom stereocenters. The quantitative estimate of drug-likeness (QED) is 0.754. The van der Waals surface area contributed by atoms with Gasteiger partial charge >= 0.3 is 0 Å². The number of benzene rings is 2. The Bertz CT molecular complexity index is 780. The molecule has 0 aliphatic carbocycles. The van der Waals surface area contributed by atoms with E-state index in [9.17, 15) is 10.1 Å². The zero-order valence-electron chi connectivity index (χ0n) is 14.4. The van der Waals surface area contributed by atoms with Crippen LogP contribution in [0.25, 0.3) is 0 Å². The van der Waals surface area contributed by atoms with Gasteiger partial charge in [-0.1, -0.05) is 30.3 Å². The van der Waals surface area contributed by atoms with Gasteiger partial charge in [-0.15, -0.1) is 0 Å². The Balaban J connectivity index is 1.60. The molecular formula is C21H22N2O2. The van der Waals surface area contributed by atoms with Gasteiger partial charge in [0.05, 0.1) is 24.5 Å². The maximum atomic E-state index is 11.6. The number of hydrogen-bond acceptors (Lipinski definition) is 4. The van der Waals surface area contributed by atoms with E-state index in [1.165, 1.54) is 5.56 Å².